The number of rotatable bonds is 10. The number of hydrogen-bond acceptors (Lipinski definition) is 8. The fourth-order valence-corrected chi connectivity index (χ4v) is 5.37. The van der Waals surface area contributed by atoms with Crippen molar-refractivity contribution in [3.63, 3.8) is 0 Å². The van der Waals surface area contributed by atoms with Gasteiger partial charge in [0.2, 0.25) is 5.91 Å². The van der Waals surface area contributed by atoms with Crippen molar-refractivity contribution in [1.29, 1.82) is 0 Å². The molecule has 5 rings (SSSR count). The molecule has 1 atom stereocenters. The van der Waals surface area contributed by atoms with Crippen LogP contribution in [0.3, 0.4) is 0 Å². The summed E-state index contributed by atoms with van der Waals surface area (Å²) in [6.07, 6.45) is 0.302. The van der Waals surface area contributed by atoms with Crippen LogP contribution >= 0.6 is 0 Å². The number of β-amino-alcohol motifs (C(OH)–C–C–N with tert-alkyl or cyclic N) is 1. The molecule has 1 aromatic heterocycles. The van der Waals surface area contributed by atoms with E-state index >= 15 is 0 Å². The van der Waals surface area contributed by atoms with E-state index in [1.807, 2.05) is 0 Å². The zero-order valence-corrected chi connectivity index (χ0v) is 24.6. The molecule has 3 aromatic carbocycles. The molecule has 1 saturated heterocycles. The minimum Gasteiger partial charge on any atom is -0.382 e. The first-order chi connectivity index (χ1) is 22.3. The molecule has 0 saturated carbocycles. The molecular formula is C31H28F5N7O4. The van der Waals surface area contributed by atoms with E-state index in [0.717, 1.165) is 24.3 Å². The number of nitrogens with zero attached hydrogens (tertiary/aromatic N) is 6. The normalized spacial score (nSPS) is 15.5. The maximum Gasteiger partial charge on any atom is 0.418 e. The third-order valence-corrected chi connectivity index (χ3v) is 7.62. The van der Waals surface area contributed by atoms with Gasteiger partial charge >= 0.3 is 6.18 Å². The molecule has 1 fully saturated rings. The fourth-order valence-electron chi connectivity index (χ4n) is 5.37. The smallest absolute Gasteiger partial charge is 0.382 e. The lowest BCUT2D eigenvalue weighted by molar-refractivity contribution is -0.384. The van der Waals surface area contributed by atoms with Crippen molar-refractivity contribution in [3.8, 4) is 0 Å². The number of hydrogen-bond donors (Lipinski definition) is 2. The molecule has 4 aromatic rings. The molecule has 246 valence electrons. The molecule has 16 heteroatoms. The number of carbonyl (C=O) groups is 1. The van der Waals surface area contributed by atoms with Gasteiger partial charge in [0.25, 0.3) is 5.69 Å². The number of nitro benzene ring substituents is 1. The topological polar surface area (TPSA) is 130 Å². The summed E-state index contributed by atoms with van der Waals surface area (Å²) < 4.78 is 72.3. The Morgan fingerprint density at radius 1 is 0.979 bits per heavy atom. The first-order valence-corrected chi connectivity index (χ1v) is 14.2. The molecule has 0 bridgehead atoms. The van der Waals surface area contributed by atoms with E-state index in [1.165, 1.54) is 64.7 Å². The van der Waals surface area contributed by atoms with Gasteiger partial charge in [0, 0.05) is 73.9 Å². The van der Waals surface area contributed by atoms with Crippen molar-refractivity contribution in [3.05, 3.63) is 118 Å². The van der Waals surface area contributed by atoms with Gasteiger partial charge in [-0.3, -0.25) is 19.8 Å². The monoisotopic (exact) mass is 657 g/mol. The number of nitrogens with one attached hydrogen (secondary N) is 1. The van der Waals surface area contributed by atoms with E-state index in [0.29, 0.717) is 11.6 Å². The third kappa shape index (κ3) is 8.14. The van der Waals surface area contributed by atoms with Crippen molar-refractivity contribution in [1.82, 2.24) is 19.7 Å². The van der Waals surface area contributed by atoms with Crippen molar-refractivity contribution >= 4 is 29.0 Å². The Kier molecular flexibility index (Phi) is 9.62. The van der Waals surface area contributed by atoms with Gasteiger partial charge in [-0.1, -0.05) is 6.07 Å². The Morgan fingerprint density at radius 3 is 2.32 bits per heavy atom. The molecule has 1 unspecified atom stereocenters. The quantitative estimate of drug-likeness (QED) is 0.107. The van der Waals surface area contributed by atoms with Gasteiger partial charge in [0.05, 0.1) is 17.0 Å². The van der Waals surface area contributed by atoms with E-state index in [2.05, 4.69) is 15.4 Å². The predicted molar refractivity (Wildman–Crippen MR) is 161 cm³/mol. The first-order valence-electron chi connectivity index (χ1n) is 14.2. The number of alkyl halides is 3. The van der Waals surface area contributed by atoms with E-state index in [9.17, 15) is 42.0 Å². The van der Waals surface area contributed by atoms with Crippen LogP contribution in [0, 0.1) is 21.7 Å². The molecule has 1 aliphatic heterocycles. The summed E-state index contributed by atoms with van der Waals surface area (Å²) in [5, 5.41) is 28.8. The minimum absolute atomic E-state index is 0.0856. The molecule has 47 heavy (non-hydrogen) atoms. The van der Waals surface area contributed by atoms with Crippen LogP contribution in [0.2, 0.25) is 0 Å². The lowest BCUT2D eigenvalue weighted by Crippen LogP contribution is -2.52. The molecule has 1 aliphatic rings. The number of piperazine rings is 1. The van der Waals surface area contributed by atoms with Crippen LogP contribution < -0.4 is 10.2 Å². The lowest BCUT2D eigenvalue weighted by atomic mass is 9.92. The molecule has 0 spiro atoms. The number of amides is 1. The van der Waals surface area contributed by atoms with Crippen LogP contribution in [0.25, 0.3) is 6.08 Å². The second-order valence-electron chi connectivity index (χ2n) is 10.9. The number of nitro groups is 1. The Bertz CT molecular complexity index is 1760. The first kappa shape index (κ1) is 33.2. The van der Waals surface area contributed by atoms with Gasteiger partial charge in [-0.15, -0.1) is 0 Å². The number of anilines is 2. The average Bonchev–Trinajstić information content (AvgIpc) is 3.53. The number of halogens is 5. The van der Waals surface area contributed by atoms with E-state index in [1.54, 1.807) is 4.90 Å². The summed E-state index contributed by atoms with van der Waals surface area (Å²) in [4.78, 5) is 29.8. The number of non-ortho nitro benzene ring substituents is 1. The standard InChI is InChI=1S/C31H28F5N7O4/c32-22-4-8-25(27(33)15-22)30(45,18-42-20-37-19-38-42)17-40-11-13-41(14-12-40)28-9-5-23(16-26(28)31(34,35)36)39-29(44)10-3-21-1-6-24(7-2-21)43(46)47/h1-10,15-16,19-20,45H,11-14,17-18H2,(H,39,44)/b10-3+. The minimum atomic E-state index is -4.75. The molecule has 0 radical (unpaired) electrons. The summed E-state index contributed by atoms with van der Waals surface area (Å²) in [5.41, 5.74) is -2.81. The zero-order valence-electron chi connectivity index (χ0n) is 24.6. The molecule has 1 amide bonds. The summed E-state index contributed by atoms with van der Waals surface area (Å²) >= 11 is 0. The van der Waals surface area contributed by atoms with Crippen LogP contribution in [-0.4, -0.2) is 68.3 Å². The Hall–Kier alpha value is -5.22. The molecule has 2 heterocycles. The second-order valence-corrected chi connectivity index (χ2v) is 10.9. The summed E-state index contributed by atoms with van der Waals surface area (Å²) in [6, 6.07) is 11.7. The Morgan fingerprint density at radius 2 is 1.70 bits per heavy atom. The molecule has 2 N–H and O–H groups in total. The second kappa shape index (κ2) is 13.6. The zero-order chi connectivity index (χ0) is 33.8. The maximum atomic E-state index is 14.8. The number of carbonyl (C=O) groups excluding carboxylic acids is 1. The summed E-state index contributed by atoms with van der Waals surface area (Å²) in [7, 11) is 0. The Labute approximate surface area is 264 Å². The van der Waals surface area contributed by atoms with Crippen LogP contribution in [0.1, 0.15) is 16.7 Å². The number of aromatic nitrogens is 3. The highest BCUT2D eigenvalue weighted by Crippen LogP contribution is 2.39. The number of benzene rings is 3. The SMILES string of the molecule is O=C(/C=C/c1ccc([N+](=O)[O-])cc1)Nc1ccc(N2CCN(CC(O)(Cn3cncn3)c3ccc(F)cc3F)CC2)c(C(F)(F)F)c1. The molecule has 0 aliphatic carbocycles. The van der Waals surface area contributed by atoms with Crippen LogP contribution in [0.15, 0.2) is 79.4 Å². The van der Waals surface area contributed by atoms with Gasteiger partial charge in [-0.05, 0) is 48.0 Å². The van der Waals surface area contributed by atoms with Crippen LogP contribution in [-0.2, 0) is 23.1 Å². The molecule has 11 nitrogen and oxygen atoms in total. The Balaban J connectivity index is 1.27. The van der Waals surface area contributed by atoms with Crippen molar-refractivity contribution in [2.45, 2.75) is 18.3 Å². The highest BCUT2D eigenvalue weighted by atomic mass is 19.4. The largest absolute Gasteiger partial charge is 0.418 e. The fraction of sp³-hybridized carbons (Fsp3) is 0.258. The van der Waals surface area contributed by atoms with Crippen LogP contribution in [0.4, 0.5) is 39.0 Å². The van der Waals surface area contributed by atoms with E-state index < -0.39 is 39.8 Å². The van der Waals surface area contributed by atoms with Crippen molar-refractivity contribution < 1.29 is 36.8 Å². The van der Waals surface area contributed by atoms with Gasteiger partial charge in [-0.25, -0.2) is 18.4 Å². The highest BCUT2D eigenvalue weighted by Gasteiger charge is 2.38. The highest BCUT2D eigenvalue weighted by molar-refractivity contribution is 6.02. The van der Waals surface area contributed by atoms with Gasteiger partial charge in [0.15, 0.2) is 0 Å². The lowest BCUT2D eigenvalue weighted by Gasteiger charge is -2.41. The average molecular weight is 658 g/mol. The third-order valence-electron chi connectivity index (χ3n) is 7.62. The number of aliphatic hydroxyl groups is 1. The maximum absolute atomic E-state index is 14.8. The van der Waals surface area contributed by atoms with E-state index in [-0.39, 0.29) is 61.9 Å². The summed E-state index contributed by atoms with van der Waals surface area (Å²) in [5.74, 6) is -2.46. The van der Waals surface area contributed by atoms with Gasteiger partial charge < -0.3 is 15.3 Å². The molecular weight excluding hydrogens is 629 g/mol. The van der Waals surface area contributed by atoms with E-state index in [4.69, 9.17) is 0 Å². The van der Waals surface area contributed by atoms with Crippen molar-refractivity contribution in [2.75, 3.05) is 42.9 Å². The van der Waals surface area contributed by atoms with Gasteiger partial charge in [-0.2, -0.15) is 18.3 Å². The van der Waals surface area contributed by atoms with Crippen molar-refractivity contribution in [2.24, 2.45) is 0 Å². The predicted octanol–water partition coefficient (Wildman–Crippen LogP) is 4.85. The van der Waals surface area contributed by atoms with Crippen LogP contribution in [0.5, 0.6) is 0 Å². The summed E-state index contributed by atoms with van der Waals surface area (Å²) in [6.45, 7) is 0.380. The van der Waals surface area contributed by atoms with Gasteiger partial charge in [0.1, 0.15) is 29.9 Å².